The van der Waals surface area contributed by atoms with Crippen molar-refractivity contribution in [1.29, 1.82) is 0 Å². The van der Waals surface area contributed by atoms with E-state index < -0.39 is 30.4 Å². The number of benzene rings is 1. The third-order valence-corrected chi connectivity index (χ3v) is 4.61. The number of aliphatic hydroxyl groups is 1. The molecular formula is C21H24F3N5O4. The molecule has 1 amide bonds. The zero-order valence-corrected chi connectivity index (χ0v) is 17.7. The van der Waals surface area contributed by atoms with E-state index in [9.17, 15) is 18.0 Å². The molecular weight excluding hydrogens is 443 g/mol. The van der Waals surface area contributed by atoms with E-state index in [1.54, 1.807) is 11.0 Å². The normalized spacial score (nSPS) is 18.6. The molecule has 0 radical (unpaired) electrons. The van der Waals surface area contributed by atoms with Gasteiger partial charge in [0.2, 0.25) is 5.91 Å². The first-order chi connectivity index (χ1) is 15.7. The molecule has 1 aliphatic rings. The van der Waals surface area contributed by atoms with Crippen LogP contribution in [0.4, 0.5) is 13.2 Å². The van der Waals surface area contributed by atoms with E-state index >= 15 is 0 Å². The highest BCUT2D eigenvalue weighted by molar-refractivity contribution is 6.07. The van der Waals surface area contributed by atoms with Crippen molar-refractivity contribution in [1.82, 2.24) is 15.2 Å². The maximum Gasteiger partial charge on any atom is 0.573 e. The Morgan fingerprint density at radius 2 is 1.97 bits per heavy atom. The van der Waals surface area contributed by atoms with Gasteiger partial charge in [-0.2, -0.15) is 0 Å². The van der Waals surface area contributed by atoms with Gasteiger partial charge in [-0.3, -0.25) is 9.78 Å². The standard InChI is InChI=1S/C21H24F3N5O4/c1-13-5-2-6-14(27-13)12-29-17(19(31)26-9-4-10-30)18(25)28-20(29)32-15-7-3-8-16(11-15)33-21(22,23)24/h2-3,5-8,11,17,20,30H,4,9-10,12H2,1H3,(H2,25,28)(H,26,31). The maximum absolute atomic E-state index is 12.8. The number of nitrogens with zero attached hydrogens (tertiary/aromatic N) is 3. The van der Waals surface area contributed by atoms with Crippen LogP contribution in [0, 0.1) is 6.92 Å². The Morgan fingerprint density at radius 3 is 2.67 bits per heavy atom. The number of aryl methyl sites for hydroxylation is 1. The lowest BCUT2D eigenvalue weighted by Gasteiger charge is -2.28. The summed E-state index contributed by atoms with van der Waals surface area (Å²) in [6, 6.07) is 9.37. The molecule has 1 aromatic heterocycles. The minimum atomic E-state index is -4.85. The lowest BCUT2D eigenvalue weighted by Crippen LogP contribution is -2.52. The number of nitrogens with two attached hydrogens (primary N) is 1. The fraction of sp³-hybridized carbons (Fsp3) is 0.381. The number of rotatable bonds is 9. The smallest absolute Gasteiger partial charge is 0.455 e. The number of nitrogens with one attached hydrogen (secondary N) is 1. The zero-order chi connectivity index (χ0) is 24.0. The Labute approximate surface area is 188 Å². The van der Waals surface area contributed by atoms with Crippen molar-refractivity contribution in [2.24, 2.45) is 10.7 Å². The van der Waals surface area contributed by atoms with Crippen molar-refractivity contribution in [2.45, 2.75) is 38.6 Å². The van der Waals surface area contributed by atoms with Crippen LogP contribution in [0.15, 0.2) is 47.5 Å². The molecule has 1 aromatic carbocycles. The van der Waals surface area contributed by atoms with Crippen molar-refractivity contribution in [3.63, 3.8) is 0 Å². The first-order valence-corrected chi connectivity index (χ1v) is 10.1. The number of pyridine rings is 1. The second-order valence-corrected chi connectivity index (χ2v) is 7.23. The second-order valence-electron chi connectivity index (χ2n) is 7.23. The predicted molar refractivity (Wildman–Crippen MR) is 112 cm³/mol. The lowest BCUT2D eigenvalue weighted by atomic mass is 10.2. The van der Waals surface area contributed by atoms with Crippen LogP contribution in [0.5, 0.6) is 11.5 Å². The molecule has 0 saturated heterocycles. The van der Waals surface area contributed by atoms with Crippen molar-refractivity contribution in [3.05, 3.63) is 53.9 Å². The number of aromatic nitrogens is 1. The van der Waals surface area contributed by atoms with E-state index in [0.717, 1.165) is 17.8 Å². The topological polar surface area (TPSA) is 122 Å². The number of alkyl halides is 3. The molecule has 1 aliphatic heterocycles. The molecule has 12 heteroatoms. The van der Waals surface area contributed by atoms with Gasteiger partial charge >= 0.3 is 6.36 Å². The van der Waals surface area contributed by atoms with Gasteiger partial charge in [-0.25, -0.2) is 9.89 Å². The van der Waals surface area contributed by atoms with Gasteiger partial charge in [0.15, 0.2) is 6.04 Å². The van der Waals surface area contributed by atoms with E-state index in [1.165, 1.54) is 12.1 Å². The van der Waals surface area contributed by atoms with Crippen molar-refractivity contribution in [3.8, 4) is 11.5 Å². The minimum Gasteiger partial charge on any atom is -0.455 e. The Kier molecular flexibility index (Phi) is 7.71. The molecule has 2 atom stereocenters. The maximum atomic E-state index is 12.8. The highest BCUT2D eigenvalue weighted by Crippen LogP contribution is 2.29. The van der Waals surface area contributed by atoms with E-state index in [-0.39, 0.29) is 31.3 Å². The van der Waals surface area contributed by atoms with Gasteiger partial charge in [0, 0.05) is 31.5 Å². The molecule has 2 aromatic rings. The average Bonchev–Trinajstić information content (AvgIpc) is 3.01. The molecule has 0 saturated carbocycles. The van der Waals surface area contributed by atoms with Crippen molar-refractivity contribution < 1.29 is 32.5 Å². The van der Waals surface area contributed by atoms with Gasteiger partial charge in [-0.15, -0.1) is 13.2 Å². The van der Waals surface area contributed by atoms with E-state index in [1.807, 2.05) is 19.1 Å². The molecule has 2 heterocycles. The number of aliphatic imine (C=N–C) groups is 1. The largest absolute Gasteiger partial charge is 0.573 e. The SMILES string of the molecule is Cc1cccc(CN2C(Oc3cccc(OC(F)(F)F)c3)N=C(N)C2C(=O)NCCCO)n1. The van der Waals surface area contributed by atoms with Crippen LogP contribution in [-0.2, 0) is 11.3 Å². The predicted octanol–water partition coefficient (Wildman–Crippen LogP) is 1.69. The zero-order valence-electron chi connectivity index (χ0n) is 17.7. The minimum absolute atomic E-state index is 0.0168. The van der Waals surface area contributed by atoms with Gasteiger partial charge in [-0.05, 0) is 37.6 Å². The highest BCUT2D eigenvalue weighted by Gasteiger charge is 2.41. The Morgan fingerprint density at radius 1 is 1.24 bits per heavy atom. The average molecular weight is 467 g/mol. The third-order valence-electron chi connectivity index (χ3n) is 4.61. The van der Waals surface area contributed by atoms with Crippen molar-refractivity contribution >= 4 is 11.7 Å². The number of halogens is 3. The van der Waals surface area contributed by atoms with Crippen molar-refractivity contribution in [2.75, 3.05) is 13.2 Å². The molecule has 33 heavy (non-hydrogen) atoms. The quantitative estimate of drug-likeness (QED) is 0.480. The van der Waals surface area contributed by atoms with Crippen LogP contribution in [0.1, 0.15) is 17.8 Å². The van der Waals surface area contributed by atoms with Gasteiger partial charge < -0.3 is 25.6 Å². The van der Waals surface area contributed by atoms with Crippen LogP contribution in [0.3, 0.4) is 0 Å². The summed E-state index contributed by atoms with van der Waals surface area (Å²) in [6.07, 6.45) is -5.59. The summed E-state index contributed by atoms with van der Waals surface area (Å²) in [4.78, 5) is 23.0. The third kappa shape index (κ3) is 6.80. The van der Waals surface area contributed by atoms with Crippen LogP contribution in [0.2, 0.25) is 0 Å². The van der Waals surface area contributed by atoms with Gasteiger partial charge in [0.1, 0.15) is 17.3 Å². The molecule has 2 unspecified atom stereocenters. The molecule has 0 bridgehead atoms. The van der Waals surface area contributed by atoms with E-state index in [4.69, 9.17) is 15.6 Å². The number of carbonyl (C=O) groups is 1. The Bertz CT molecular complexity index is 1000. The van der Waals surface area contributed by atoms with Gasteiger partial charge in [0.05, 0.1) is 5.69 Å². The van der Waals surface area contributed by atoms with Crippen LogP contribution in [0.25, 0.3) is 0 Å². The van der Waals surface area contributed by atoms with Crippen LogP contribution in [-0.4, -0.2) is 58.6 Å². The summed E-state index contributed by atoms with van der Waals surface area (Å²) in [6.45, 7) is 2.09. The molecule has 0 aliphatic carbocycles. The summed E-state index contributed by atoms with van der Waals surface area (Å²) >= 11 is 0. The summed E-state index contributed by atoms with van der Waals surface area (Å²) in [7, 11) is 0. The fourth-order valence-electron chi connectivity index (χ4n) is 3.25. The Balaban J connectivity index is 1.84. The summed E-state index contributed by atoms with van der Waals surface area (Å²) in [5.41, 5.74) is 7.42. The van der Waals surface area contributed by atoms with Gasteiger partial charge in [-0.1, -0.05) is 12.1 Å². The first-order valence-electron chi connectivity index (χ1n) is 10.1. The summed E-state index contributed by atoms with van der Waals surface area (Å²) < 4.78 is 47.4. The lowest BCUT2D eigenvalue weighted by molar-refractivity contribution is -0.274. The molecule has 4 N–H and O–H groups in total. The van der Waals surface area contributed by atoms with Crippen LogP contribution >= 0.6 is 0 Å². The molecule has 9 nitrogen and oxygen atoms in total. The molecule has 0 fully saturated rings. The monoisotopic (exact) mass is 467 g/mol. The number of hydrogen-bond acceptors (Lipinski definition) is 8. The van der Waals surface area contributed by atoms with Crippen LogP contribution < -0.4 is 20.5 Å². The van der Waals surface area contributed by atoms with E-state index in [0.29, 0.717) is 12.1 Å². The molecule has 3 rings (SSSR count). The number of amidine groups is 1. The Hall–Kier alpha value is -3.38. The summed E-state index contributed by atoms with van der Waals surface area (Å²) in [5, 5.41) is 11.6. The number of amides is 1. The van der Waals surface area contributed by atoms with Gasteiger partial charge in [0.25, 0.3) is 6.35 Å². The number of aliphatic hydroxyl groups excluding tert-OH is 1. The number of carbonyl (C=O) groups excluding carboxylic acids is 1. The number of ether oxygens (including phenoxy) is 2. The second kappa shape index (κ2) is 10.5. The highest BCUT2D eigenvalue weighted by atomic mass is 19.4. The number of hydrogen-bond donors (Lipinski definition) is 3. The summed E-state index contributed by atoms with van der Waals surface area (Å²) in [5.74, 6) is -0.878. The van der Waals surface area contributed by atoms with E-state index in [2.05, 4.69) is 20.0 Å². The molecule has 178 valence electrons. The first kappa shape index (κ1) is 24.3. The fourth-order valence-corrected chi connectivity index (χ4v) is 3.25. The molecule has 0 spiro atoms.